The van der Waals surface area contributed by atoms with Gasteiger partial charge in [0.15, 0.2) is 0 Å². The van der Waals surface area contributed by atoms with Gasteiger partial charge in [0.2, 0.25) is 5.91 Å². The lowest BCUT2D eigenvalue weighted by molar-refractivity contribution is -0.160. The predicted octanol–water partition coefficient (Wildman–Crippen LogP) is 1.47. The molecule has 0 aromatic heterocycles. The maximum atomic E-state index is 12.0. The van der Waals surface area contributed by atoms with Gasteiger partial charge in [0.1, 0.15) is 6.54 Å². The highest BCUT2D eigenvalue weighted by molar-refractivity contribution is 7.81. The number of carbonyl (C=O) groups excluding carboxylic acids is 1. The van der Waals surface area contributed by atoms with E-state index in [2.05, 4.69) is 12.6 Å². The van der Waals surface area contributed by atoms with Gasteiger partial charge in [0.25, 0.3) is 0 Å². The molecule has 0 N–H and O–H groups in total. The van der Waals surface area contributed by atoms with Crippen LogP contribution in [0.5, 0.6) is 0 Å². The minimum Gasteiger partial charge on any atom is -0.330 e. The zero-order chi connectivity index (χ0) is 10.1. The molecule has 13 heavy (non-hydrogen) atoms. The highest BCUT2D eigenvalue weighted by atomic mass is 32.1. The summed E-state index contributed by atoms with van der Waals surface area (Å²) < 4.78 is 35.9. The topological polar surface area (TPSA) is 20.3 Å². The number of thiol groups is 1. The summed E-state index contributed by atoms with van der Waals surface area (Å²) in [5.74, 6) is -0.699. The molecular weight excluding hydrogens is 203 g/mol. The van der Waals surface area contributed by atoms with Crippen LogP contribution in [0.1, 0.15) is 12.8 Å². The van der Waals surface area contributed by atoms with E-state index >= 15 is 0 Å². The Morgan fingerprint density at radius 3 is 2.31 bits per heavy atom. The van der Waals surface area contributed by atoms with Gasteiger partial charge in [-0.25, -0.2) is 0 Å². The van der Waals surface area contributed by atoms with Gasteiger partial charge in [-0.05, 0) is 12.8 Å². The molecule has 0 aromatic rings. The summed E-state index contributed by atoms with van der Waals surface area (Å²) in [6.07, 6.45) is -2.95. The molecule has 76 valence electrons. The van der Waals surface area contributed by atoms with E-state index in [4.69, 9.17) is 0 Å². The zero-order valence-electron chi connectivity index (χ0n) is 6.84. The molecule has 0 aliphatic heterocycles. The summed E-state index contributed by atoms with van der Waals surface area (Å²) in [5.41, 5.74) is 0. The van der Waals surface area contributed by atoms with Crippen molar-refractivity contribution in [2.24, 2.45) is 0 Å². The summed E-state index contributed by atoms with van der Waals surface area (Å²) in [6, 6.07) is -0.207. The molecule has 1 aliphatic carbocycles. The molecule has 6 heteroatoms. The van der Waals surface area contributed by atoms with Crippen molar-refractivity contribution in [1.29, 1.82) is 0 Å². The van der Waals surface area contributed by atoms with E-state index in [0.29, 0.717) is 12.8 Å². The number of rotatable bonds is 3. The van der Waals surface area contributed by atoms with Crippen LogP contribution in [0.3, 0.4) is 0 Å². The first-order valence-corrected chi connectivity index (χ1v) is 4.54. The number of carbonyl (C=O) groups is 1. The van der Waals surface area contributed by atoms with E-state index in [1.807, 2.05) is 0 Å². The number of nitrogens with zero attached hydrogens (tertiary/aromatic N) is 1. The Labute approximate surface area is 79.5 Å². The number of halogens is 3. The Balaban J connectivity index is 2.52. The van der Waals surface area contributed by atoms with Gasteiger partial charge in [0, 0.05) is 6.04 Å². The quantitative estimate of drug-likeness (QED) is 0.704. The molecule has 0 atom stereocenters. The lowest BCUT2D eigenvalue weighted by atomic mass is 10.4. The lowest BCUT2D eigenvalue weighted by Gasteiger charge is -2.22. The highest BCUT2D eigenvalue weighted by Gasteiger charge is 2.39. The van der Waals surface area contributed by atoms with Crippen LogP contribution >= 0.6 is 12.6 Å². The smallest absolute Gasteiger partial charge is 0.330 e. The molecular formula is C7H10F3NOS. The summed E-state index contributed by atoms with van der Waals surface area (Å²) in [4.78, 5) is 11.9. The van der Waals surface area contributed by atoms with E-state index in [1.165, 1.54) is 0 Å². The second-order valence-electron chi connectivity index (χ2n) is 3.03. The third-order valence-corrected chi connectivity index (χ3v) is 2.06. The monoisotopic (exact) mass is 213 g/mol. The Hall–Kier alpha value is -0.390. The van der Waals surface area contributed by atoms with Crippen LogP contribution in [-0.2, 0) is 4.79 Å². The van der Waals surface area contributed by atoms with Gasteiger partial charge in [-0.3, -0.25) is 4.79 Å². The summed E-state index contributed by atoms with van der Waals surface area (Å²) in [5, 5.41) is 0. The molecule has 0 radical (unpaired) electrons. The SMILES string of the molecule is O=C(CS)N(CC(F)(F)F)C1CC1. The van der Waals surface area contributed by atoms with Crippen LogP contribution in [0.4, 0.5) is 13.2 Å². The van der Waals surface area contributed by atoms with Gasteiger partial charge >= 0.3 is 6.18 Å². The van der Waals surface area contributed by atoms with Crippen molar-refractivity contribution < 1.29 is 18.0 Å². The highest BCUT2D eigenvalue weighted by Crippen LogP contribution is 2.30. The maximum Gasteiger partial charge on any atom is 0.406 e. The minimum atomic E-state index is -4.30. The van der Waals surface area contributed by atoms with Gasteiger partial charge in [0.05, 0.1) is 5.75 Å². The first-order chi connectivity index (χ1) is 5.94. The molecule has 0 heterocycles. The predicted molar refractivity (Wildman–Crippen MR) is 44.6 cm³/mol. The van der Waals surface area contributed by atoms with Crippen molar-refractivity contribution >= 4 is 18.5 Å². The van der Waals surface area contributed by atoms with E-state index < -0.39 is 18.6 Å². The lowest BCUT2D eigenvalue weighted by Crippen LogP contribution is -2.41. The van der Waals surface area contributed by atoms with Crippen molar-refractivity contribution in [1.82, 2.24) is 4.90 Å². The summed E-state index contributed by atoms with van der Waals surface area (Å²) in [6.45, 7) is -1.14. The van der Waals surface area contributed by atoms with Crippen LogP contribution in [0.25, 0.3) is 0 Å². The number of hydrogen-bond acceptors (Lipinski definition) is 2. The number of hydrogen-bond donors (Lipinski definition) is 1. The van der Waals surface area contributed by atoms with Crippen LogP contribution in [0.2, 0.25) is 0 Å². The van der Waals surface area contributed by atoms with Crippen LogP contribution in [-0.4, -0.2) is 35.3 Å². The Bertz CT molecular complexity index is 202. The van der Waals surface area contributed by atoms with Gasteiger partial charge in [-0.2, -0.15) is 25.8 Å². The van der Waals surface area contributed by atoms with Crippen LogP contribution < -0.4 is 0 Å². The molecule has 2 nitrogen and oxygen atoms in total. The standard InChI is InChI=1S/C7H10F3NOS/c8-7(9,10)4-11(5-1-2-5)6(12)3-13/h5,13H,1-4H2. The molecule has 1 aliphatic rings. The molecule has 1 fully saturated rings. The molecule has 0 spiro atoms. The molecule has 1 saturated carbocycles. The van der Waals surface area contributed by atoms with E-state index in [1.54, 1.807) is 0 Å². The second-order valence-corrected chi connectivity index (χ2v) is 3.34. The number of alkyl halides is 3. The average molecular weight is 213 g/mol. The molecule has 1 rings (SSSR count). The molecule has 0 saturated heterocycles. The fraction of sp³-hybridized carbons (Fsp3) is 0.857. The fourth-order valence-corrected chi connectivity index (χ4v) is 1.27. The maximum absolute atomic E-state index is 12.0. The number of amides is 1. The Kier molecular flexibility index (Phi) is 3.10. The Morgan fingerprint density at radius 1 is 1.46 bits per heavy atom. The summed E-state index contributed by atoms with van der Waals surface area (Å²) >= 11 is 3.67. The van der Waals surface area contributed by atoms with E-state index in [9.17, 15) is 18.0 Å². The molecule has 0 bridgehead atoms. The third kappa shape index (κ3) is 3.46. The first-order valence-electron chi connectivity index (χ1n) is 3.91. The van der Waals surface area contributed by atoms with Crippen molar-refractivity contribution in [3.8, 4) is 0 Å². The van der Waals surface area contributed by atoms with Crippen LogP contribution in [0.15, 0.2) is 0 Å². The van der Waals surface area contributed by atoms with E-state index in [-0.39, 0.29) is 11.8 Å². The fourth-order valence-electron chi connectivity index (χ4n) is 1.09. The van der Waals surface area contributed by atoms with Gasteiger partial charge < -0.3 is 4.90 Å². The average Bonchev–Trinajstić information content (AvgIpc) is 2.79. The normalized spacial score (nSPS) is 17.2. The minimum absolute atomic E-state index is 0.160. The van der Waals surface area contributed by atoms with Crippen molar-refractivity contribution in [2.75, 3.05) is 12.3 Å². The van der Waals surface area contributed by atoms with Crippen molar-refractivity contribution in [3.63, 3.8) is 0 Å². The zero-order valence-corrected chi connectivity index (χ0v) is 7.74. The van der Waals surface area contributed by atoms with Crippen molar-refractivity contribution in [3.05, 3.63) is 0 Å². The van der Waals surface area contributed by atoms with E-state index in [0.717, 1.165) is 4.90 Å². The second kappa shape index (κ2) is 3.77. The first kappa shape index (κ1) is 10.7. The Morgan fingerprint density at radius 2 is 2.00 bits per heavy atom. The molecule has 0 unspecified atom stereocenters. The van der Waals surface area contributed by atoms with Crippen molar-refractivity contribution in [2.45, 2.75) is 25.1 Å². The third-order valence-electron chi connectivity index (χ3n) is 1.79. The van der Waals surface area contributed by atoms with Gasteiger partial charge in [-0.15, -0.1) is 0 Å². The molecule has 0 aromatic carbocycles. The molecule has 1 amide bonds. The van der Waals surface area contributed by atoms with Gasteiger partial charge in [-0.1, -0.05) is 0 Å². The largest absolute Gasteiger partial charge is 0.406 e. The van der Waals surface area contributed by atoms with Crippen LogP contribution in [0, 0.1) is 0 Å². The summed E-state index contributed by atoms with van der Waals surface area (Å²) in [7, 11) is 0.